The van der Waals surface area contributed by atoms with Gasteiger partial charge in [-0.2, -0.15) is 0 Å². The molecular weight excluding hydrogens is 214 g/mol. The van der Waals surface area contributed by atoms with Crippen LogP contribution >= 0.6 is 11.6 Å². The molecule has 0 spiro atoms. The van der Waals surface area contributed by atoms with Crippen LogP contribution in [0.25, 0.3) is 0 Å². The maximum atomic E-state index is 10.8. The molecule has 1 amide bonds. The number of para-hydroxylation sites is 1. The number of rotatable bonds is 6. The van der Waals surface area contributed by atoms with Crippen LogP contribution in [0.5, 0.6) is 5.75 Å². The molecule has 0 saturated carbocycles. The van der Waals surface area contributed by atoms with Crippen LogP contribution in [-0.4, -0.2) is 24.9 Å². The second-order valence-electron chi connectivity index (χ2n) is 3.00. The SMILES string of the molecule is O=C(CCl)NCCCOc1ccccc1. The Labute approximate surface area is 94.4 Å². The highest BCUT2D eigenvalue weighted by atomic mass is 35.5. The van der Waals surface area contributed by atoms with Gasteiger partial charge in [0.25, 0.3) is 0 Å². The summed E-state index contributed by atoms with van der Waals surface area (Å²) in [4.78, 5) is 10.8. The Balaban J connectivity index is 2.05. The summed E-state index contributed by atoms with van der Waals surface area (Å²) in [6, 6.07) is 9.58. The number of amides is 1. The lowest BCUT2D eigenvalue weighted by Crippen LogP contribution is -2.26. The van der Waals surface area contributed by atoms with Crippen LogP contribution in [-0.2, 0) is 4.79 Å². The third-order valence-electron chi connectivity index (χ3n) is 1.78. The molecule has 0 fully saturated rings. The van der Waals surface area contributed by atoms with Gasteiger partial charge in [-0.05, 0) is 18.6 Å². The van der Waals surface area contributed by atoms with Crippen molar-refractivity contribution < 1.29 is 9.53 Å². The first-order valence-electron chi connectivity index (χ1n) is 4.83. The predicted molar refractivity (Wildman–Crippen MR) is 60.3 cm³/mol. The number of benzene rings is 1. The Bertz CT molecular complexity index is 290. The minimum Gasteiger partial charge on any atom is -0.494 e. The van der Waals surface area contributed by atoms with Crippen LogP contribution in [0.3, 0.4) is 0 Å². The highest BCUT2D eigenvalue weighted by Gasteiger charge is 1.96. The van der Waals surface area contributed by atoms with E-state index >= 15 is 0 Å². The molecule has 1 rings (SSSR count). The summed E-state index contributed by atoms with van der Waals surface area (Å²) in [5.74, 6) is 0.719. The minimum absolute atomic E-state index is 0.0134. The zero-order valence-corrected chi connectivity index (χ0v) is 9.17. The van der Waals surface area contributed by atoms with E-state index in [9.17, 15) is 4.79 Å². The van der Waals surface area contributed by atoms with Crippen molar-refractivity contribution in [2.75, 3.05) is 19.0 Å². The van der Waals surface area contributed by atoms with Crippen molar-refractivity contribution in [3.8, 4) is 5.75 Å². The second-order valence-corrected chi connectivity index (χ2v) is 3.27. The second kappa shape index (κ2) is 7.12. The van der Waals surface area contributed by atoms with Gasteiger partial charge >= 0.3 is 0 Å². The summed E-state index contributed by atoms with van der Waals surface area (Å²) in [6.07, 6.45) is 0.775. The standard InChI is InChI=1S/C11H14ClNO2/c12-9-11(14)13-7-4-8-15-10-5-2-1-3-6-10/h1-3,5-6H,4,7-9H2,(H,13,14). The van der Waals surface area contributed by atoms with Crippen LogP contribution < -0.4 is 10.1 Å². The van der Waals surface area contributed by atoms with E-state index in [0.717, 1.165) is 12.2 Å². The molecule has 1 N–H and O–H groups in total. The first-order valence-corrected chi connectivity index (χ1v) is 5.37. The van der Waals surface area contributed by atoms with E-state index in [1.165, 1.54) is 0 Å². The largest absolute Gasteiger partial charge is 0.494 e. The number of ether oxygens (including phenoxy) is 1. The zero-order chi connectivity index (χ0) is 10.9. The normalized spacial score (nSPS) is 9.67. The quantitative estimate of drug-likeness (QED) is 0.595. The summed E-state index contributed by atoms with van der Waals surface area (Å²) in [5, 5.41) is 2.67. The third-order valence-corrected chi connectivity index (χ3v) is 2.02. The lowest BCUT2D eigenvalue weighted by Gasteiger charge is -2.06. The van der Waals surface area contributed by atoms with Gasteiger partial charge in [0.1, 0.15) is 11.6 Å². The van der Waals surface area contributed by atoms with Crippen molar-refractivity contribution in [3.05, 3.63) is 30.3 Å². The van der Waals surface area contributed by atoms with E-state index in [4.69, 9.17) is 16.3 Å². The Hall–Kier alpha value is -1.22. The van der Waals surface area contributed by atoms with Crippen molar-refractivity contribution in [1.82, 2.24) is 5.32 Å². The van der Waals surface area contributed by atoms with Crippen molar-refractivity contribution in [2.24, 2.45) is 0 Å². The van der Waals surface area contributed by atoms with E-state index in [-0.39, 0.29) is 11.8 Å². The van der Waals surface area contributed by atoms with Crippen molar-refractivity contribution in [2.45, 2.75) is 6.42 Å². The number of alkyl halides is 1. The molecular formula is C11H14ClNO2. The summed E-state index contributed by atoms with van der Waals surface area (Å²) >= 11 is 5.32. The van der Waals surface area contributed by atoms with Crippen molar-refractivity contribution >= 4 is 17.5 Å². The number of carbonyl (C=O) groups is 1. The van der Waals surface area contributed by atoms with Crippen LogP contribution in [0, 0.1) is 0 Å². The van der Waals surface area contributed by atoms with Crippen molar-refractivity contribution in [3.63, 3.8) is 0 Å². The molecule has 0 bridgehead atoms. The Morgan fingerprint density at radius 3 is 2.73 bits per heavy atom. The highest BCUT2D eigenvalue weighted by molar-refractivity contribution is 6.27. The Morgan fingerprint density at radius 1 is 1.33 bits per heavy atom. The zero-order valence-electron chi connectivity index (χ0n) is 8.41. The van der Waals surface area contributed by atoms with Crippen LogP contribution in [0.4, 0.5) is 0 Å². The average Bonchev–Trinajstić information content (AvgIpc) is 2.29. The highest BCUT2D eigenvalue weighted by Crippen LogP contribution is 2.07. The molecule has 0 saturated heterocycles. The molecule has 3 nitrogen and oxygen atoms in total. The van der Waals surface area contributed by atoms with E-state index in [1.54, 1.807) is 0 Å². The van der Waals surface area contributed by atoms with Gasteiger partial charge in [-0.25, -0.2) is 0 Å². The number of hydrogen-bond acceptors (Lipinski definition) is 2. The Morgan fingerprint density at radius 2 is 2.07 bits per heavy atom. The molecule has 15 heavy (non-hydrogen) atoms. The van der Waals surface area contributed by atoms with Crippen LogP contribution in [0.15, 0.2) is 30.3 Å². The average molecular weight is 228 g/mol. The number of hydrogen-bond donors (Lipinski definition) is 1. The smallest absolute Gasteiger partial charge is 0.234 e. The summed E-state index contributed by atoms with van der Waals surface area (Å²) in [5.41, 5.74) is 0. The molecule has 0 unspecified atom stereocenters. The van der Waals surface area contributed by atoms with Gasteiger partial charge in [-0.3, -0.25) is 4.79 Å². The summed E-state index contributed by atoms with van der Waals surface area (Å²) in [6.45, 7) is 1.19. The number of halogens is 1. The molecule has 0 aliphatic heterocycles. The lowest BCUT2D eigenvalue weighted by molar-refractivity contribution is -0.118. The van der Waals surface area contributed by atoms with Crippen molar-refractivity contribution in [1.29, 1.82) is 0 Å². The minimum atomic E-state index is -0.142. The predicted octanol–water partition coefficient (Wildman–Crippen LogP) is 1.81. The molecule has 1 aromatic rings. The van der Waals surface area contributed by atoms with E-state index < -0.39 is 0 Å². The van der Waals surface area contributed by atoms with Gasteiger partial charge in [0, 0.05) is 6.54 Å². The lowest BCUT2D eigenvalue weighted by atomic mass is 10.3. The van der Waals surface area contributed by atoms with Gasteiger partial charge in [-0.15, -0.1) is 11.6 Å². The van der Waals surface area contributed by atoms with E-state index in [2.05, 4.69) is 5.32 Å². The van der Waals surface area contributed by atoms with Gasteiger partial charge in [0.2, 0.25) is 5.91 Å². The molecule has 82 valence electrons. The first-order chi connectivity index (χ1) is 7.33. The van der Waals surface area contributed by atoms with E-state index in [0.29, 0.717) is 13.2 Å². The third kappa shape index (κ3) is 5.27. The molecule has 1 aromatic carbocycles. The molecule has 0 aliphatic carbocycles. The molecule has 0 heterocycles. The van der Waals surface area contributed by atoms with Crippen LogP contribution in [0.1, 0.15) is 6.42 Å². The maximum absolute atomic E-state index is 10.8. The van der Waals surface area contributed by atoms with Gasteiger partial charge < -0.3 is 10.1 Å². The molecule has 0 atom stereocenters. The summed E-state index contributed by atoms with van der Waals surface area (Å²) < 4.78 is 5.44. The molecule has 0 aliphatic rings. The fourth-order valence-corrected chi connectivity index (χ4v) is 1.15. The van der Waals surface area contributed by atoms with Gasteiger partial charge in [0.05, 0.1) is 6.61 Å². The first kappa shape index (κ1) is 11.9. The number of nitrogens with one attached hydrogen (secondary N) is 1. The Kier molecular flexibility index (Phi) is 5.63. The molecule has 4 heteroatoms. The van der Waals surface area contributed by atoms with Gasteiger partial charge in [-0.1, -0.05) is 18.2 Å². The monoisotopic (exact) mass is 227 g/mol. The maximum Gasteiger partial charge on any atom is 0.234 e. The fourth-order valence-electron chi connectivity index (χ4n) is 1.05. The number of carbonyl (C=O) groups excluding carboxylic acids is 1. The topological polar surface area (TPSA) is 38.3 Å². The molecule has 0 radical (unpaired) electrons. The fraction of sp³-hybridized carbons (Fsp3) is 0.364. The van der Waals surface area contributed by atoms with E-state index in [1.807, 2.05) is 30.3 Å². The van der Waals surface area contributed by atoms with Crippen LogP contribution in [0.2, 0.25) is 0 Å². The van der Waals surface area contributed by atoms with Gasteiger partial charge in [0.15, 0.2) is 0 Å². The summed E-state index contributed by atoms with van der Waals surface area (Å²) in [7, 11) is 0. The molecule has 0 aromatic heterocycles.